The molecule has 294 valence electrons. The molecule has 3 rings (SSSR count). The summed E-state index contributed by atoms with van der Waals surface area (Å²) < 4.78 is 17.5. The summed E-state index contributed by atoms with van der Waals surface area (Å²) in [5.74, 6) is -1.50. The molecule has 2 fully saturated rings. The summed E-state index contributed by atoms with van der Waals surface area (Å²) in [6.45, 7) is 13.9. The van der Waals surface area contributed by atoms with Crippen molar-refractivity contribution in [2.75, 3.05) is 54.2 Å². The molecule has 0 unspecified atom stereocenters. The molecule has 2 saturated heterocycles. The number of ketones is 1. The molecule has 0 spiro atoms. The molecule has 1 aromatic rings. The first-order valence-electron chi connectivity index (χ1n) is 19.5. The van der Waals surface area contributed by atoms with Gasteiger partial charge in [-0.3, -0.25) is 19.2 Å². The Hall–Kier alpha value is -2.86. The lowest BCUT2D eigenvalue weighted by molar-refractivity contribution is -0.151. The number of carbonyl (C=O) groups is 4. The van der Waals surface area contributed by atoms with Crippen LogP contribution in [0.2, 0.25) is 0 Å². The van der Waals surface area contributed by atoms with Crippen LogP contribution in [0.1, 0.15) is 85.6 Å². The average molecular weight is 730 g/mol. The van der Waals surface area contributed by atoms with Crippen LogP contribution in [0.4, 0.5) is 0 Å². The number of Topliss-reactive ketones (excluding diaryl/α,β-unsaturated/α-hetero) is 1. The van der Waals surface area contributed by atoms with E-state index in [1.807, 2.05) is 67.8 Å². The van der Waals surface area contributed by atoms with E-state index in [9.17, 15) is 24.3 Å². The van der Waals surface area contributed by atoms with Crippen molar-refractivity contribution in [2.24, 2.45) is 29.6 Å². The number of aliphatic hydroxyl groups excluding tert-OH is 1. The highest BCUT2D eigenvalue weighted by atomic mass is 16.5. The largest absolute Gasteiger partial charge is 0.396 e. The van der Waals surface area contributed by atoms with Crippen LogP contribution in [0.5, 0.6) is 0 Å². The third-order valence-electron chi connectivity index (χ3n) is 11.7. The predicted octanol–water partition coefficient (Wildman–Crippen LogP) is 4.63. The Morgan fingerprint density at radius 2 is 1.63 bits per heavy atom. The van der Waals surface area contributed by atoms with Gasteiger partial charge < -0.3 is 34.0 Å². The van der Waals surface area contributed by atoms with Crippen LogP contribution in [0.25, 0.3) is 0 Å². The van der Waals surface area contributed by atoms with Gasteiger partial charge in [-0.25, -0.2) is 0 Å². The molecule has 0 bridgehead atoms. The lowest BCUT2D eigenvalue weighted by Gasteiger charge is -2.41. The highest BCUT2D eigenvalue weighted by Gasteiger charge is 2.43. The lowest BCUT2D eigenvalue weighted by Crippen LogP contribution is -2.54. The van der Waals surface area contributed by atoms with E-state index in [0.717, 1.165) is 18.4 Å². The molecule has 2 aliphatic rings. The zero-order valence-corrected chi connectivity index (χ0v) is 33.3. The van der Waals surface area contributed by atoms with E-state index in [0.29, 0.717) is 39.1 Å². The minimum absolute atomic E-state index is 0.00846. The zero-order valence-electron chi connectivity index (χ0n) is 33.3. The Bertz CT molecular complexity index is 1280. The van der Waals surface area contributed by atoms with Gasteiger partial charge in [0.15, 0.2) is 0 Å². The SMILES string of the molecule is CC[C@H](C)[C@@H]([C@@H](CC(=O)N1CCC[C@H]1[C@H](OC)[C@@H](C)C(=O)C[C@H](CO)Cc1ccccc1)OC)N(C)C(=O)[C@@H](CC(=O)N1CCOC[C@H]1C)C(C)C. The van der Waals surface area contributed by atoms with E-state index in [-0.39, 0.29) is 79.2 Å². The molecule has 1 aromatic carbocycles. The fourth-order valence-corrected chi connectivity index (χ4v) is 8.23. The van der Waals surface area contributed by atoms with E-state index in [2.05, 4.69) is 13.8 Å². The molecular formula is C41H67N3O8. The number of rotatable bonds is 20. The van der Waals surface area contributed by atoms with Gasteiger partial charge in [-0.05, 0) is 49.5 Å². The van der Waals surface area contributed by atoms with Gasteiger partial charge in [0.1, 0.15) is 5.78 Å². The number of aliphatic hydroxyl groups is 1. The van der Waals surface area contributed by atoms with Crippen molar-refractivity contribution in [1.82, 2.24) is 14.7 Å². The number of hydrogen-bond donors (Lipinski definition) is 1. The maximum atomic E-state index is 14.2. The van der Waals surface area contributed by atoms with Gasteiger partial charge in [-0.2, -0.15) is 0 Å². The summed E-state index contributed by atoms with van der Waals surface area (Å²) >= 11 is 0. The smallest absolute Gasteiger partial charge is 0.226 e. The number of carbonyl (C=O) groups excluding carboxylic acids is 4. The quantitative estimate of drug-likeness (QED) is 0.206. The van der Waals surface area contributed by atoms with Crippen LogP contribution in [-0.2, 0) is 39.8 Å². The topological polar surface area (TPSA) is 126 Å². The standard InChI is InChI=1S/C41H67N3O8/c1-10-28(4)39(42(7)41(49)33(27(2)3)23-37(47)43-19-20-52-26-29(43)5)36(50-8)24-38(48)44-18-14-17-34(44)40(51-9)30(6)35(46)22-32(25-45)21-31-15-12-11-13-16-31/h11-13,15-16,27-30,32-34,36,39-40,45H,10,14,17-26H2,1-9H3/t28-,29+,30-,32+,33-,34-,36+,39-,40+/m0/s1. The number of hydrogen-bond acceptors (Lipinski definition) is 8. The monoisotopic (exact) mass is 729 g/mol. The van der Waals surface area contributed by atoms with Crippen LogP contribution in [-0.4, -0.2) is 128 Å². The molecule has 52 heavy (non-hydrogen) atoms. The van der Waals surface area contributed by atoms with Crippen molar-refractivity contribution in [1.29, 1.82) is 0 Å². The van der Waals surface area contributed by atoms with Gasteiger partial charge in [-0.15, -0.1) is 0 Å². The summed E-state index contributed by atoms with van der Waals surface area (Å²) in [7, 11) is 4.95. The summed E-state index contributed by atoms with van der Waals surface area (Å²) in [6.07, 6.45) is 2.22. The zero-order chi connectivity index (χ0) is 38.5. The van der Waals surface area contributed by atoms with E-state index in [1.54, 1.807) is 26.2 Å². The van der Waals surface area contributed by atoms with Gasteiger partial charge in [0.05, 0.1) is 50.0 Å². The van der Waals surface area contributed by atoms with Gasteiger partial charge >= 0.3 is 0 Å². The van der Waals surface area contributed by atoms with Gasteiger partial charge in [0.25, 0.3) is 0 Å². The third kappa shape index (κ3) is 11.3. The van der Waals surface area contributed by atoms with Gasteiger partial charge in [-0.1, -0.05) is 71.4 Å². The second kappa shape index (κ2) is 21.1. The summed E-state index contributed by atoms with van der Waals surface area (Å²) in [5, 5.41) is 10.1. The number of ether oxygens (including phenoxy) is 3. The normalized spacial score (nSPS) is 22.0. The van der Waals surface area contributed by atoms with E-state index in [4.69, 9.17) is 14.2 Å². The fourth-order valence-electron chi connectivity index (χ4n) is 8.23. The van der Waals surface area contributed by atoms with Crippen molar-refractivity contribution < 1.29 is 38.5 Å². The maximum absolute atomic E-state index is 14.2. The predicted molar refractivity (Wildman–Crippen MR) is 201 cm³/mol. The van der Waals surface area contributed by atoms with E-state index in [1.165, 1.54) is 0 Å². The number of likely N-dealkylation sites (N-methyl/N-ethyl adjacent to an activating group) is 1. The minimum atomic E-state index is -0.580. The Kier molecular flexibility index (Phi) is 17.7. The van der Waals surface area contributed by atoms with Crippen molar-refractivity contribution in [3.8, 4) is 0 Å². The van der Waals surface area contributed by atoms with Gasteiger partial charge in [0, 0.05) is 65.6 Å². The first kappa shape index (κ1) is 43.5. The second-order valence-electron chi connectivity index (χ2n) is 15.6. The molecule has 0 aliphatic carbocycles. The Morgan fingerprint density at radius 3 is 2.21 bits per heavy atom. The molecule has 0 radical (unpaired) electrons. The third-order valence-corrected chi connectivity index (χ3v) is 11.7. The molecule has 2 heterocycles. The van der Waals surface area contributed by atoms with Crippen LogP contribution in [0.3, 0.4) is 0 Å². The molecule has 0 aromatic heterocycles. The molecule has 2 aliphatic heterocycles. The molecular weight excluding hydrogens is 662 g/mol. The fraction of sp³-hybridized carbons (Fsp3) is 0.756. The first-order chi connectivity index (χ1) is 24.8. The average Bonchev–Trinajstić information content (AvgIpc) is 3.63. The maximum Gasteiger partial charge on any atom is 0.226 e. The Labute approximate surface area is 312 Å². The van der Waals surface area contributed by atoms with Crippen molar-refractivity contribution in [2.45, 2.75) is 117 Å². The second-order valence-corrected chi connectivity index (χ2v) is 15.6. The van der Waals surface area contributed by atoms with Crippen LogP contribution >= 0.6 is 0 Å². The highest BCUT2D eigenvalue weighted by molar-refractivity contribution is 5.86. The molecule has 3 amide bonds. The molecule has 0 saturated carbocycles. The van der Waals surface area contributed by atoms with Crippen molar-refractivity contribution in [3.63, 3.8) is 0 Å². The molecule has 11 nitrogen and oxygen atoms in total. The van der Waals surface area contributed by atoms with Crippen LogP contribution in [0.15, 0.2) is 30.3 Å². The van der Waals surface area contributed by atoms with Crippen LogP contribution < -0.4 is 0 Å². The number of methoxy groups -OCH3 is 2. The summed E-state index contributed by atoms with van der Waals surface area (Å²) in [4.78, 5) is 60.8. The molecule has 11 heteroatoms. The summed E-state index contributed by atoms with van der Waals surface area (Å²) in [5.41, 5.74) is 1.07. The molecule has 9 atom stereocenters. The van der Waals surface area contributed by atoms with Crippen molar-refractivity contribution in [3.05, 3.63) is 35.9 Å². The van der Waals surface area contributed by atoms with Gasteiger partial charge in [0.2, 0.25) is 17.7 Å². The number of nitrogens with zero attached hydrogens (tertiary/aromatic N) is 3. The summed E-state index contributed by atoms with van der Waals surface area (Å²) in [6, 6.07) is 9.13. The van der Waals surface area contributed by atoms with E-state index >= 15 is 0 Å². The number of likely N-dealkylation sites (tertiary alicyclic amines) is 1. The first-order valence-corrected chi connectivity index (χ1v) is 19.5. The number of benzene rings is 1. The van der Waals surface area contributed by atoms with E-state index < -0.39 is 30.1 Å². The lowest BCUT2D eigenvalue weighted by atomic mass is 9.85. The van der Waals surface area contributed by atoms with Crippen LogP contribution in [0, 0.1) is 29.6 Å². The number of amides is 3. The van der Waals surface area contributed by atoms with Crippen molar-refractivity contribution >= 4 is 23.5 Å². The molecule has 1 N–H and O–H groups in total. The highest BCUT2D eigenvalue weighted by Crippen LogP contribution is 2.31. The minimum Gasteiger partial charge on any atom is -0.396 e. The Morgan fingerprint density at radius 1 is 0.962 bits per heavy atom. The Balaban J connectivity index is 1.74. The number of morpholine rings is 1.